The van der Waals surface area contributed by atoms with Crippen molar-refractivity contribution < 1.29 is 0 Å². The maximum atomic E-state index is 6.00. The first kappa shape index (κ1) is 14.4. The molecule has 1 aromatic heterocycles. The summed E-state index contributed by atoms with van der Waals surface area (Å²) in [6.07, 6.45) is 0. The molecule has 1 heterocycles. The number of aromatic nitrogens is 1. The highest BCUT2D eigenvalue weighted by atomic mass is 79.9. The molecular formula is C15H16BrClN2. The summed E-state index contributed by atoms with van der Waals surface area (Å²) < 4.78 is 1.06. The van der Waals surface area contributed by atoms with E-state index in [1.54, 1.807) is 0 Å². The highest BCUT2D eigenvalue weighted by Gasteiger charge is 2.09. The molecule has 100 valence electrons. The average Bonchev–Trinajstić information content (AvgIpc) is 2.38. The molecule has 0 aliphatic rings. The summed E-state index contributed by atoms with van der Waals surface area (Å²) in [4.78, 5) is 6.70. The zero-order chi connectivity index (χ0) is 13.8. The molecule has 0 spiro atoms. The minimum absolute atomic E-state index is 0.508. The molecule has 4 heteroatoms. The molecule has 0 unspecified atom stereocenters. The molecule has 0 atom stereocenters. The van der Waals surface area contributed by atoms with Crippen LogP contribution in [0.3, 0.4) is 0 Å². The van der Waals surface area contributed by atoms with Crippen molar-refractivity contribution in [2.45, 2.75) is 19.3 Å². The lowest BCUT2D eigenvalue weighted by atomic mass is 10.2. The van der Waals surface area contributed by atoms with E-state index in [0.717, 1.165) is 33.7 Å². The van der Waals surface area contributed by atoms with E-state index >= 15 is 0 Å². The first-order chi connectivity index (χ1) is 9.10. The Bertz CT molecular complexity index is 572. The van der Waals surface area contributed by atoms with Crippen LogP contribution in [0.25, 0.3) is 0 Å². The van der Waals surface area contributed by atoms with E-state index in [9.17, 15) is 0 Å². The Balaban J connectivity index is 2.24. The molecule has 1 aromatic carbocycles. The summed E-state index contributed by atoms with van der Waals surface area (Å²) in [6.45, 7) is 2.77. The van der Waals surface area contributed by atoms with Crippen LogP contribution in [0.15, 0.2) is 40.9 Å². The quantitative estimate of drug-likeness (QED) is 0.761. The van der Waals surface area contributed by atoms with E-state index in [4.69, 9.17) is 11.6 Å². The predicted molar refractivity (Wildman–Crippen MR) is 84.8 cm³/mol. The standard InChI is InChI=1S/C15H16BrClN2/c1-11-4-3-5-14(18-11)10-19(2)15-8-13(16)7-6-12(15)9-17/h3-8H,9-10H2,1-2H3. The minimum Gasteiger partial charge on any atom is -0.368 e. The highest BCUT2D eigenvalue weighted by molar-refractivity contribution is 9.10. The number of benzene rings is 1. The number of anilines is 1. The fraction of sp³-hybridized carbons (Fsp3) is 0.267. The van der Waals surface area contributed by atoms with Gasteiger partial charge < -0.3 is 4.90 Å². The van der Waals surface area contributed by atoms with E-state index in [1.165, 1.54) is 0 Å². The molecule has 0 aliphatic carbocycles. The van der Waals surface area contributed by atoms with E-state index < -0.39 is 0 Å². The lowest BCUT2D eigenvalue weighted by Crippen LogP contribution is -2.18. The van der Waals surface area contributed by atoms with Gasteiger partial charge in [0.1, 0.15) is 0 Å². The van der Waals surface area contributed by atoms with Crippen molar-refractivity contribution in [2.24, 2.45) is 0 Å². The van der Waals surface area contributed by atoms with Crippen molar-refractivity contribution in [3.8, 4) is 0 Å². The van der Waals surface area contributed by atoms with Crippen LogP contribution in [0.1, 0.15) is 17.0 Å². The third-order valence-corrected chi connectivity index (χ3v) is 3.73. The molecule has 0 saturated carbocycles. The van der Waals surface area contributed by atoms with Crippen LogP contribution in [0.2, 0.25) is 0 Å². The number of rotatable bonds is 4. The molecule has 0 amide bonds. The van der Waals surface area contributed by atoms with Gasteiger partial charge in [-0.2, -0.15) is 0 Å². The molecule has 19 heavy (non-hydrogen) atoms. The number of hydrogen-bond acceptors (Lipinski definition) is 2. The topological polar surface area (TPSA) is 16.1 Å². The molecule has 2 nitrogen and oxygen atoms in total. The van der Waals surface area contributed by atoms with Gasteiger partial charge >= 0.3 is 0 Å². The highest BCUT2D eigenvalue weighted by Crippen LogP contribution is 2.26. The summed E-state index contributed by atoms with van der Waals surface area (Å²) in [5.41, 5.74) is 4.36. The van der Waals surface area contributed by atoms with Gasteiger partial charge in [-0.15, -0.1) is 11.6 Å². The van der Waals surface area contributed by atoms with Gasteiger partial charge in [0.05, 0.1) is 12.2 Å². The Morgan fingerprint density at radius 2 is 2.05 bits per heavy atom. The Kier molecular flexibility index (Phi) is 4.83. The van der Waals surface area contributed by atoms with Crippen LogP contribution >= 0.6 is 27.5 Å². The van der Waals surface area contributed by atoms with Gasteiger partial charge in [0, 0.05) is 28.8 Å². The third kappa shape index (κ3) is 3.71. The monoisotopic (exact) mass is 338 g/mol. The van der Waals surface area contributed by atoms with Gasteiger partial charge in [0.25, 0.3) is 0 Å². The molecule has 2 rings (SSSR count). The second-order valence-corrected chi connectivity index (χ2v) is 5.72. The molecule has 0 bridgehead atoms. The zero-order valence-electron chi connectivity index (χ0n) is 11.0. The van der Waals surface area contributed by atoms with Gasteiger partial charge in [0.2, 0.25) is 0 Å². The molecule has 0 aliphatic heterocycles. The lowest BCUT2D eigenvalue weighted by molar-refractivity contribution is 0.872. The van der Waals surface area contributed by atoms with E-state index in [-0.39, 0.29) is 0 Å². The van der Waals surface area contributed by atoms with Crippen LogP contribution in [-0.2, 0) is 12.4 Å². The zero-order valence-corrected chi connectivity index (χ0v) is 13.4. The second kappa shape index (κ2) is 6.40. The van der Waals surface area contributed by atoms with Crippen LogP contribution < -0.4 is 4.90 Å². The van der Waals surface area contributed by atoms with E-state index in [1.807, 2.05) is 37.3 Å². The largest absolute Gasteiger partial charge is 0.368 e. The SMILES string of the molecule is Cc1cccc(CN(C)c2cc(Br)ccc2CCl)n1. The number of alkyl halides is 1. The summed E-state index contributed by atoms with van der Waals surface area (Å²) in [5, 5.41) is 0. The van der Waals surface area contributed by atoms with Gasteiger partial charge in [-0.1, -0.05) is 28.1 Å². The molecule has 0 fully saturated rings. The van der Waals surface area contributed by atoms with Gasteiger partial charge in [0.15, 0.2) is 0 Å². The van der Waals surface area contributed by atoms with Crippen molar-refractivity contribution in [1.29, 1.82) is 0 Å². The van der Waals surface area contributed by atoms with Gasteiger partial charge in [-0.05, 0) is 36.8 Å². The van der Waals surface area contributed by atoms with Crippen molar-refractivity contribution in [3.63, 3.8) is 0 Å². The molecule has 0 saturated heterocycles. The second-order valence-electron chi connectivity index (χ2n) is 4.53. The van der Waals surface area contributed by atoms with Crippen LogP contribution in [-0.4, -0.2) is 12.0 Å². The maximum Gasteiger partial charge on any atom is 0.0600 e. The summed E-state index contributed by atoms with van der Waals surface area (Å²) in [6, 6.07) is 12.2. The number of nitrogens with zero attached hydrogens (tertiary/aromatic N) is 2. The fourth-order valence-corrected chi connectivity index (χ4v) is 2.60. The Morgan fingerprint density at radius 1 is 1.26 bits per heavy atom. The Labute approximate surface area is 127 Å². The fourth-order valence-electron chi connectivity index (χ4n) is 2.02. The number of hydrogen-bond donors (Lipinski definition) is 0. The normalized spacial score (nSPS) is 10.5. The van der Waals surface area contributed by atoms with Crippen molar-refractivity contribution >= 4 is 33.2 Å². The van der Waals surface area contributed by atoms with Crippen molar-refractivity contribution in [1.82, 2.24) is 4.98 Å². The number of aryl methyl sites for hydroxylation is 1. The Morgan fingerprint density at radius 3 is 2.74 bits per heavy atom. The summed E-state index contributed by atoms with van der Waals surface area (Å²) in [5.74, 6) is 0.508. The molecular weight excluding hydrogens is 324 g/mol. The van der Waals surface area contributed by atoms with Gasteiger partial charge in [-0.25, -0.2) is 0 Å². The van der Waals surface area contributed by atoms with Crippen LogP contribution in [0, 0.1) is 6.92 Å². The van der Waals surface area contributed by atoms with E-state index in [0.29, 0.717) is 5.88 Å². The molecule has 2 aromatic rings. The molecule has 0 N–H and O–H groups in total. The smallest absolute Gasteiger partial charge is 0.0600 e. The minimum atomic E-state index is 0.508. The molecule has 0 radical (unpaired) electrons. The third-order valence-electron chi connectivity index (χ3n) is 2.95. The average molecular weight is 340 g/mol. The lowest BCUT2D eigenvalue weighted by Gasteiger charge is -2.22. The van der Waals surface area contributed by atoms with E-state index in [2.05, 4.69) is 38.9 Å². The summed E-state index contributed by atoms with van der Waals surface area (Å²) >= 11 is 9.50. The maximum absolute atomic E-state index is 6.00. The first-order valence-electron chi connectivity index (χ1n) is 6.08. The van der Waals surface area contributed by atoms with Crippen LogP contribution in [0.5, 0.6) is 0 Å². The summed E-state index contributed by atoms with van der Waals surface area (Å²) in [7, 11) is 2.06. The van der Waals surface area contributed by atoms with Crippen molar-refractivity contribution in [2.75, 3.05) is 11.9 Å². The van der Waals surface area contributed by atoms with Crippen LogP contribution in [0.4, 0.5) is 5.69 Å². The predicted octanol–water partition coefficient (Wildman–Crippen LogP) is 4.53. The van der Waals surface area contributed by atoms with Crippen molar-refractivity contribution in [3.05, 3.63) is 57.8 Å². The van der Waals surface area contributed by atoms with Gasteiger partial charge in [-0.3, -0.25) is 4.98 Å². The number of pyridine rings is 1. The Hall–Kier alpha value is -1.06. The number of halogens is 2. The first-order valence-corrected chi connectivity index (χ1v) is 7.41.